The molecule has 0 aliphatic rings. The molecule has 0 aliphatic carbocycles. The number of aromatic nitrogens is 2. The topological polar surface area (TPSA) is 67.2 Å². The smallest absolute Gasteiger partial charge is 0.272 e. The van der Waals surface area contributed by atoms with Crippen LogP contribution in [0.5, 0.6) is 0 Å². The van der Waals surface area contributed by atoms with Crippen molar-refractivity contribution in [1.82, 2.24) is 15.1 Å². The van der Waals surface area contributed by atoms with E-state index in [9.17, 15) is 4.79 Å². The normalized spacial score (nSPS) is 14.9. The van der Waals surface area contributed by atoms with Crippen molar-refractivity contribution in [1.29, 1.82) is 0 Å². The standard InChI is InChI=1S/C15H27N3O2/c1-7-15(6,8-9-19)16-13(20)12-10-11(2)18(17-12)14(3,4)5/h10,19H,7-9H2,1-6H3,(H,16,20). The minimum absolute atomic E-state index is 0.0556. The monoisotopic (exact) mass is 281 g/mol. The summed E-state index contributed by atoms with van der Waals surface area (Å²) in [5, 5.41) is 16.5. The van der Waals surface area contributed by atoms with E-state index in [2.05, 4.69) is 31.2 Å². The van der Waals surface area contributed by atoms with Crippen molar-refractivity contribution < 1.29 is 9.90 Å². The molecule has 0 saturated carbocycles. The van der Waals surface area contributed by atoms with Crippen LogP contribution in [0.2, 0.25) is 0 Å². The highest BCUT2D eigenvalue weighted by Crippen LogP contribution is 2.18. The lowest BCUT2D eigenvalue weighted by Crippen LogP contribution is -2.46. The molecular formula is C15H27N3O2. The van der Waals surface area contributed by atoms with Gasteiger partial charge in [0.1, 0.15) is 5.69 Å². The van der Waals surface area contributed by atoms with Gasteiger partial charge in [0, 0.05) is 17.8 Å². The summed E-state index contributed by atoms with van der Waals surface area (Å²) < 4.78 is 1.86. The molecule has 0 fully saturated rings. The number of amides is 1. The highest BCUT2D eigenvalue weighted by molar-refractivity contribution is 5.92. The molecule has 0 aliphatic heterocycles. The fourth-order valence-corrected chi connectivity index (χ4v) is 2.18. The molecule has 1 amide bonds. The van der Waals surface area contributed by atoms with Crippen LogP contribution in [0.1, 0.15) is 63.6 Å². The highest BCUT2D eigenvalue weighted by Gasteiger charge is 2.26. The molecule has 1 aromatic rings. The lowest BCUT2D eigenvalue weighted by molar-refractivity contribution is 0.0879. The van der Waals surface area contributed by atoms with E-state index in [0.717, 1.165) is 12.1 Å². The Morgan fingerprint density at radius 3 is 2.40 bits per heavy atom. The quantitative estimate of drug-likeness (QED) is 0.869. The van der Waals surface area contributed by atoms with E-state index in [-0.39, 0.29) is 18.1 Å². The van der Waals surface area contributed by atoms with Crippen molar-refractivity contribution in [2.75, 3.05) is 6.61 Å². The van der Waals surface area contributed by atoms with E-state index in [0.29, 0.717) is 12.1 Å². The molecule has 1 unspecified atom stereocenters. The number of hydrogen-bond donors (Lipinski definition) is 2. The fraction of sp³-hybridized carbons (Fsp3) is 0.733. The maximum Gasteiger partial charge on any atom is 0.272 e. The molecule has 114 valence electrons. The minimum atomic E-state index is -0.398. The van der Waals surface area contributed by atoms with Crippen LogP contribution < -0.4 is 5.32 Å². The second-order valence-electron chi connectivity index (χ2n) is 6.60. The molecule has 0 aromatic carbocycles. The number of carbonyl (C=O) groups is 1. The lowest BCUT2D eigenvalue weighted by Gasteiger charge is -2.28. The molecule has 2 N–H and O–H groups in total. The number of aliphatic hydroxyl groups is 1. The van der Waals surface area contributed by atoms with Crippen LogP contribution >= 0.6 is 0 Å². The van der Waals surface area contributed by atoms with Gasteiger partial charge in [0.15, 0.2) is 0 Å². The first-order chi connectivity index (χ1) is 9.13. The number of nitrogens with one attached hydrogen (secondary N) is 1. The minimum Gasteiger partial charge on any atom is -0.396 e. The summed E-state index contributed by atoms with van der Waals surface area (Å²) in [6, 6.07) is 1.80. The zero-order chi connectivity index (χ0) is 15.6. The number of carbonyl (C=O) groups excluding carboxylic acids is 1. The largest absolute Gasteiger partial charge is 0.396 e. The molecule has 20 heavy (non-hydrogen) atoms. The number of aliphatic hydroxyl groups excluding tert-OH is 1. The van der Waals surface area contributed by atoms with Gasteiger partial charge in [0.2, 0.25) is 0 Å². The number of hydrogen-bond acceptors (Lipinski definition) is 3. The van der Waals surface area contributed by atoms with Crippen molar-refractivity contribution in [3.8, 4) is 0 Å². The maximum atomic E-state index is 12.3. The van der Waals surface area contributed by atoms with Gasteiger partial charge in [-0.25, -0.2) is 0 Å². The van der Waals surface area contributed by atoms with Gasteiger partial charge in [-0.15, -0.1) is 0 Å². The molecule has 1 rings (SSSR count). The van der Waals surface area contributed by atoms with Crippen molar-refractivity contribution in [2.45, 2.75) is 65.5 Å². The number of rotatable bonds is 5. The lowest BCUT2D eigenvalue weighted by atomic mass is 9.95. The first kappa shape index (κ1) is 16.7. The van der Waals surface area contributed by atoms with Gasteiger partial charge in [-0.05, 0) is 53.5 Å². The molecule has 1 atom stereocenters. The zero-order valence-electron chi connectivity index (χ0n) is 13.4. The van der Waals surface area contributed by atoms with Gasteiger partial charge < -0.3 is 10.4 Å². The molecule has 0 radical (unpaired) electrons. The Hall–Kier alpha value is -1.36. The Balaban J connectivity index is 2.94. The number of aryl methyl sites for hydroxylation is 1. The molecule has 0 spiro atoms. The van der Waals surface area contributed by atoms with Crippen LogP contribution in [0.15, 0.2) is 6.07 Å². The van der Waals surface area contributed by atoms with Gasteiger partial charge in [-0.2, -0.15) is 5.10 Å². The predicted molar refractivity (Wildman–Crippen MR) is 79.8 cm³/mol. The van der Waals surface area contributed by atoms with E-state index in [4.69, 9.17) is 5.11 Å². The first-order valence-electron chi connectivity index (χ1n) is 7.13. The average Bonchev–Trinajstić information content (AvgIpc) is 2.71. The Kier molecular flexibility index (Phi) is 4.97. The Bertz CT molecular complexity index is 474. The van der Waals surface area contributed by atoms with E-state index in [1.807, 2.05) is 25.5 Å². The number of nitrogens with zero attached hydrogens (tertiary/aromatic N) is 2. The third kappa shape index (κ3) is 3.82. The fourth-order valence-electron chi connectivity index (χ4n) is 2.18. The van der Waals surface area contributed by atoms with Crippen LogP contribution in [0, 0.1) is 6.92 Å². The maximum absolute atomic E-state index is 12.3. The summed E-state index contributed by atoms with van der Waals surface area (Å²) in [6.07, 6.45) is 1.30. The van der Waals surface area contributed by atoms with E-state index >= 15 is 0 Å². The summed E-state index contributed by atoms with van der Waals surface area (Å²) in [7, 11) is 0. The van der Waals surface area contributed by atoms with Gasteiger partial charge in [0.25, 0.3) is 5.91 Å². The second-order valence-corrected chi connectivity index (χ2v) is 6.60. The molecule has 1 aromatic heterocycles. The van der Waals surface area contributed by atoms with Gasteiger partial charge in [-0.1, -0.05) is 6.92 Å². The van der Waals surface area contributed by atoms with Crippen molar-refractivity contribution in [3.05, 3.63) is 17.5 Å². The first-order valence-corrected chi connectivity index (χ1v) is 7.13. The van der Waals surface area contributed by atoms with Crippen LogP contribution in [0.4, 0.5) is 0 Å². The van der Waals surface area contributed by atoms with Gasteiger partial charge >= 0.3 is 0 Å². The van der Waals surface area contributed by atoms with E-state index < -0.39 is 5.54 Å². The molecule has 1 heterocycles. The molecule has 0 bridgehead atoms. The SMILES string of the molecule is CCC(C)(CCO)NC(=O)c1cc(C)n(C(C)(C)C)n1. The summed E-state index contributed by atoms with van der Waals surface area (Å²) in [6.45, 7) is 12.1. The molecule has 5 nitrogen and oxygen atoms in total. The summed E-state index contributed by atoms with van der Waals surface area (Å²) in [5.74, 6) is -0.186. The van der Waals surface area contributed by atoms with Crippen LogP contribution in [-0.2, 0) is 5.54 Å². The predicted octanol–water partition coefficient (Wildman–Crippen LogP) is 2.23. The third-order valence-corrected chi connectivity index (χ3v) is 3.61. The Morgan fingerprint density at radius 1 is 1.40 bits per heavy atom. The van der Waals surface area contributed by atoms with Gasteiger partial charge in [0.05, 0.1) is 5.54 Å². The summed E-state index contributed by atoms with van der Waals surface area (Å²) in [4.78, 5) is 12.3. The second kappa shape index (κ2) is 5.95. The average molecular weight is 281 g/mol. The van der Waals surface area contributed by atoms with Crippen molar-refractivity contribution >= 4 is 5.91 Å². The third-order valence-electron chi connectivity index (χ3n) is 3.61. The Morgan fingerprint density at radius 2 is 2.00 bits per heavy atom. The van der Waals surface area contributed by atoms with Gasteiger partial charge in [-0.3, -0.25) is 9.48 Å². The van der Waals surface area contributed by atoms with Crippen molar-refractivity contribution in [3.63, 3.8) is 0 Å². The van der Waals surface area contributed by atoms with Crippen LogP contribution in [0.3, 0.4) is 0 Å². The van der Waals surface area contributed by atoms with E-state index in [1.165, 1.54) is 0 Å². The molecular weight excluding hydrogens is 254 g/mol. The molecule has 5 heteroatoms. The highest BCUT2D eigenvalue weighted by atomic mass is 16.3. The van der Waals surface area contributed by atoms with Crippen LogP contribution in [0.25, 0.3) is 0 Å². The van der Waals surface area contributed by atoms with Crippen LogP contribution in [-0.4, -0.2) is 32.9 Å². The van der Waals surface area contributed by atoms with E-state index in [1.54, 1.807) is 6.07 Å². The summed E-state index contributed by atoms with van der Waals surface area (Å²) in [5.41, 5.74) is 0.838. The summed E-state index contributed by atoms with van der Waals surface area (Å²) >= 11 is 0. The Labute approximate surface area is 121 Å². The zero-order valence-corrected chi connectivity index (χ0v) is 13.4. The molecule has 0 saturated heterocycles. The van der Waals surface area contributed by atoms with Crippen molar-refractivity contribution in [2.24, 2.45) is 0 Å².